The fraction of sp³-hybridized carbons (Fsp3) is 0.462. The first-order valence-electron chi connectivity index (χ1n) is 6.08. The Hall–Kier alpha value is -0.390. The van der Waals surface area contributed by atoms with Crippen molar-refractivity contribution in [2.45, 2.75) is 31.7 Å². The lowest BCUT2D eigenvalue weighted by molar-refractivity contribution is -0.120. The zero-order valence-electron chi connectivity index (χ0n) is 9.96. The molecule has 3 nitrogen and oxygen atoms in total. The van der Waals surface area contributed by atoms with Crippen LogP contribution in [0.4, 0.5) is 5.69 Å². The van der Waals surface area contributed by atoms with Gasteiger partial charge in [-0.15, -0.1) is 0 Å². The molecule has 1 aromatic carbocycles. The predicted octanol–water partition coefficient (Wildman–Crippen LogP) is 3.67. The van der Waals surface area contributed by atoms with Crippen LogP contribution in [0.5, 0.6) is 0 Å². The van der Waals surface area contributed by atoms with Crippen LogP contribution in [0, 0.1) is 5.92 Å². The standard InChI is InChI=1S/C13H16Br2N2O/c14-9-4-5-12(11(15)7-9)17-13(18)8-2-1-3-10(16)6-8/h4-5,7-8,10H,1-3,6,16H2,(H,17,18). The number of carbonyl (C=O) groups is 1. The summed E-state index contributed by atoms with van der Waals surface area (Å²) in [6, 6.07) is 5.88. The number of halogens is 2. The largest absolute Gasteiger partial charge is 0.328 e. The van der Waals surface area contributed by atoms with Crippen LogP contribution < -0.4 is 11.1 Å². The normalized spacial score (nSPS) is 23.7. The maximum atomic E-state index is 12.2. The minimum atomic E-state index is 0.0456. The first-order valence-corrected chi connectivity index (χ1v) is 7.66. The Morgan fingerprint density at radius 1 is 1.33 bits per heavy atom. The van der Waals surface area contributed by atoms with E-state index >= 15 is 0 Å². The van der Waals surface area contributed by atoms with Gasteiger partial charge in [-0.2, -0.15) is 0 Å². The van der Waals surface area contributed by atoms with Crippen molar-refractivity contribution in [3.05, 3.63) is 27.1 Å². The van der Waals surface area contributed by atoms with Crippen molar-refractivity contribution in [3.8, 4) is 0 Å². The molecule has 2 unspecified atom stereocenters. The fourth-order valence-electron chi connectivity index (χ4n) is 2.29. The SMILES string of the molecule is NC1CCCC(C(=O)Nc2ccc(Br)cc2Br)C1. The van der Waals surface area contributed by atoms with Gasteiger partial charge in [-0.25, -0.2) is 0 Å². The van der Waals surface area contributed by atoms with Crippen LogP contribution in [0.2, 0.25) is 0 Å². The molecule has 5 heteroatoms. The number of amides is 1. The number of nitrogens with one attached hydrogen (secondary N) is 1. The van der Waals surface area contributed by atoms with Gasteiger partial charge in [-0.05, 0) is 53.4 Å². The summed E-state index contributed by atoms with van der Waals surface area (Å²) in [4.78, 5) is 12.2. The highest BCUT2D eigenvalue weighted by molar-refractivity contribution is 9.11. The molecule has 1 aliphatic rings. The van der Waals surface area contributed by atoms with E-state index in [1.165, 1.54) is 0 Å². The fourth-order valence-corrected chi connectivity index (χ4v) is 3.44. The lowest BCUT2D eigenvalue weighted by Gasteiger charge is -2.25. The molecule has 0 radical (unpaired) electrons. The van der Waals surface area contributed by atoms with Crippen molar-refractivity contribution in [2.24, 2.45) is 11.7 Å². The van der Waals surface area contributed by atoms with Crippen LogP contribution in [-0.2, 0) is 4.79 Å². The van der Waals surface area contributed by atoms with Crippen molar-refractivity contribution in [1.82, 2.24) is 0 Å². The van der Waals surface area contributed by atoms with Gasteiger partial charge >= 0.3 is 0 Å². The van der Waals surface area contributed by atoms with Gasteiger partial charge in [-0.1, -0.05) is 22.4 Å². The molecule has 0 saturated heterocycles. The molecule has 2 rings (SSSR count). The van der Waals surface area contributed by atoms with Crippen molar-refractivity contribution < 1.29 is 4.79 Å². The summed E-state index contributed by atoms with van der Waals surface area (Å²) in [5, 5.41) is 2.97. The van der Waals surface area contributed by atoms with Gasteiger partial charge in [0.1, 0.15) is 0 Å². The highest BCUT2D eigenvalue weighted by Gasteiger charge is 2.25. The molecule has 0 spiro atoms. The van der Waals surface area contributed by atoms with Crippen LogP contribution in [0.15, 0.2) is 27.1 Å². The molecule has 0 aliphatic heterocycles. The van der Waals surface area contributed by atoms with Crippen molar-refractivity contribution >= 4 is 43.5 Å². The van der Waals surface area contributed by atoms with E-state index in [1.54, 1.807) is 0 Å². The first kappa shape index (κ1) is 14.0. The molecule has 1 amide bonds. The summed E-state index contributed by atoms with van der Waals surface area (Å²) in [6.45, 7) is 0. The van der Waals surface area contributed by atoms with Crippen molar-refractivity contribution in [1.29, 1.82) is 0 Å². The van der Waals surface area contributed by atoms with Gasteiger partial charge < -0.3 is 11.1 Å². The van der Waals surface area contributed by atoms with E-state index in [4.69, 9.17) is 5.73 Å². The Morgan fingerprint density at radius 2 is 2.11 bits per heavy atom. The maximum absolute atomic E-state index is 12.2. The van der Waals surface area contributed by atoms with Crippen molar-refractivity contribution in [2.75, 3.05) is 5.32 Å². The third-order valence-corrected chi connectivity index (χ3v) is 4.42. The summed E-state index contributed by atoms with van der Waals surface area (Å²) < 4.78 is 1.86. The third kappa shape index (κ3) is 3.56. The molecule has 1 aliphatic carbocycles. The molecule has 1 fully saturated rings. The van der Waals surface area contributed by atoms with E-state index in [9.17, 15) is 4.79 Å². The van der Waals surface area contributed by atoms with Gasteiger partial charge in [0.15, 0.2) is 0 Å². The quantitative estimate of drug-likeness (QED) is 0.828. The van der Waals surface area contributed by atoms with Crippen LogP contribution in [0.1, 0.15) is 25.7 Å². The molecular formula is C13H16Br2N2O. The van der Waals surface area contributed by atoms with E-state index < -0.39 is 0 Å². The van der Waals surface area contributed by atoms with E-state index in [0.717, 1.165) is 40.3 Å². The number of hydrogen-bond acceptors (Lipinski definition) is 2. The second-order valence-corrected chi connectivity index (χ2v) is 6.51. The molecule has 0 aromatic heterocycles. The minimum absolute atomic E-state index is 0.0456. The van der Waals surface area contributed by atoms with E-state index in [1.807, 2.05) is 18.2 Å². The van der Waals surface area contributed by atoms with Gasteiger partial charge in [0, 0.05) is 20.9 Å². The van der Waals surface area contributed by atoms with Gasteiger partial charge in [0.2, 0.25) is 5.91 Å². The highest BCUT2D eigenvalue weighted by Crippen LogP contribution is 2.29. The average Bonchev–Trinajstić information content (AvgIpc) is 2.32. The summed E-state index contributed by atoms with van der Waals surface area (Å²) in [5.74, 6) is 0.123. The zero-order valence-corrected chi connectivity index (χ0v) is 13.1. The van der Waals surface area contributed by atoms with Crippen molar-refractivity contribution in [3.63, 3.8) is 0 Å². The predicted molar refractivity (Wildman–Crippen MR) is 80.4 cm³/mol. The van der Waals surface area contributed by atoms with Gasteiger partial charge in [0.25, 0.3) is 0 Å². The minimum Gasteiger partial charge on any atom is -0.328 e. The molecule has 0 bridgehead atoms. The molecular weight excluding hydrogens is 360 g/mol. The maximum Gasteiger partial charge on any atom is 0.227 e. The molecule has 98 valence electrons. The number of nitrogens with two attached hydrogens (primary N) is 1. The van der Waals surface area contributed by atoms with E-state index in [0.29, 0.717) is 0 Å². The van der Waals surface area contributed by atoms with Crippen LogP contribution in [-0.4, -0.2) is 11.9 Å². The Bertz CT molecular complexity index is 451. The molecule has 3 N–H and O–H groups in total. The second-order valence-electron chi connectivity index (χ2n) is 4.74. The van der Waals surface area contributed by atoms with Crippen LogP contribution >= 0.6 is 31.9 Å². The van der Waals surface area contributed by atoms with Crippen LogP contribution in [0.3, 0.4) is 0 Å². The zero-order chi connectivity index (χ0) is 13.1. The molecule has 1 saturated carbocycles. The number of benzene rings is 1. The van der Waals surface area contributed by atoms with Crippen LogP contribution in [0.25, 0.3) is 0 Å². The lowest BCUT2D eigenvalue weighted by Crippen LogP contribution is -2.34. The van der Waals surface area contributed by atoms with E-state index in [2.05, 4.69) is 37.2 Å². The Balaban J connectivity index is 2.02. The smallest absolute Gasteiger partial charge is 0.227 e. The number of hydrogen-bond donors (Lipinski definition) is 2. The Kier molecular flexibility index (Phi) is 4.81. The molecule has 1 aromatic rings. The Morgan fingerprint density at radius 3 is 2.78 bits per heavy atom. The average molecular weight is 376 g/mol. The topological polar surface area (TPSA) is 55.1 Å². The summed E-state index contributed by atoms with van der Waals surface area (Å²) >= 11 is 6.83. The molecule has 2 atom stereocenters. The monoisotopic (exact) mass is 374 g/mol. The first-order chi connectivity index (χ1) is 8.56. The number of rotatable bonds is 2. The highest BCUT2D eigenvalue weighted by atomic mass is 79.9. The number of carbonyl (C=O) groups excluding carboxylic acids is 1. The third-order valence-electron chi connectivity index (χ3n) is 3.27. The lowest BCUT2D eigenvalue weighted by atomic mass is 9.85. The summed E-state index contributed by atoms with van der Waals surface area (Å²) in [6.07, 6.45) is 3.81. The molecule has 18 heavy (non-hydrogen) atoms. The summed E-state index contributed by atoms with van der Waals surface area (Å²) in [7, 11) is 0. The molecule has 0 heterocycles. The van der Waals surface area contributed by atoms with E-state index in [-0.39, 0.29) is 17.9 Å². The van der Waals surface area contributed by atoms with Gasteiger partial charge in [0.05, 0.1) is 5.69 Å². The second kappa shape index (κ2) is 6.17. The van der Waals surface area contributed by atoms with Gasteiger partial charge in [-0.3, -0.25) is 4.79 Å². The number of anilines is 1. The Labute approximate surface area is 124 Å². The summed E-state index contributed by atoms with van der Waals surface area (Å²) in [5.41, 5.74) is 6.72.